The largest absolute Gasteiger partial charge is 0.357 e. The number of amides is 1. The molecule has 0 spiro atoms. The van der Waals surface area contributed by atoms with Crippen molar-refractivity contribution >= 4 is 22.9 Å². The molecule has 1 fully saturated rings. The zero-order valence-corrected chi connectivity index (χ0v) is 17.5. The van der Waals surface area contributed by atoms with Crippen LogP contribution in [0.3, 0.4) is 0 Å². The third-order valence-corrected chi connectivity index (χ3v) is 5.19. The van der Waals surface area contributed by atoms with Crippen molar-refractivity contribution in [1.82, 2.24) is 25.5 Å². The Labute approximate surface area is 173 Å². The topological polar surface area (TPSA) is 85.4 Å². The van der Waals surface area contributed by atoms with Gasteiger partial charge in [-0.05, 0) is 44.7 Å². The monoisotopic (exact) mass is 398 g/mol. The Bertz CT molecular complexity index is 766. The summed E-state index contributed by atoms with van der Waals surface area (Å²) in [6, 6.07) is 8.12. The number of H-pyrrole nitrogens is 1. The van der Waals surface area contributed by atoms with Crippen molar-refractivity contribution < 1.29 is 4.79 Å². The van der Waals surface area contributed by atoms with Crippen molar-refractivity contribution in [3.8, 4) is 0 Å². The molecule has 0 bridgehead atoms. The van der Waals surface area contributed by atoms with E-state index in [0.29, 0.717) is 12.3 Å². The van der Waals surface area contributed by atoms with E-state index in [1.807, 2.05) is 23.1 Å². The fourth-order valence-electron chi connectivity index (χ4n) is 3.66. The second-order valence-corrected chi connectivity index (χ2v) is 7.54. The highest BCUT2D eigenvalue weighted by atomic mass is 16.2. The first-order valence-electron chi connectivity index (χ1n) is 11.0. The Morgan fingerprint density at radius 2 is 2.10 bits per heavy atom. The molecule has 1 aliphatic heterocycles. The van der Waals surface area contributed by atoms with Crippen molar-refractivity contribution in [2.75, 3.05) is 32.7 Å². The lowest BCUT2D eigenvalue weighted by atomic mass is 10.2. The summed E-state index contributed by atoms with van der Waals surface area (Å²) in [5, 5.41) is 6.69. The van der Waals surface area contributed by atoms with Gasteiger partial charge in [-0.25, -0.2) is 4.98 Å². The van der Waals surface area contributed by atoms with E-state index in [1.165, 1.54) is 6.42 Å². The van der Waals surface area contributed by atoms with Crippen molar-refractivity contribution in [3.63, 3.8) is 0 Å². The van der Waals surface area contributed by atoms with Crippen molar-refractivity contribution in [2.24, 2.45) is 4.99 Å². The van der Waals surface area contributed by atoms with Gasteiger partial charge in [0.1, 0.15) is 5.82 Å². The van der Waals surface area contributed by atoms with Gasteiger partial charge in [-0.15, -0.1) is 0 Å². The number of carbonyl (C=O) groups excluding carboxylic acids is 1. The maximum Gasteiger partial charge on any atom is 0.222 e. The van der Waals surface area contributed by atoms with Crippen molar-refractivity contribution in [3.05, 3.63) is 30.1 Å². The number of nitrogens with one attached hydrogen (secondary N) is 3. The quantitative estimate of drug-likeness (QED) is 0.344. The molecule has 1 saturated heterocycles. The summed E-state index contributed by atoms with van der Waals surface area (Å²) in [4.78, 5) is 26.7. The third-order valence-electron chi connectivity index (χ3n) is 5.19. The van der Waals surface area contributed by atoms with Gasteiger partial charge in [-0.3, -0.25) is 9.79 Å². The second kappa shape index (κ2) is 11.4. The van der Waals surface area contributed by atoms with Crippen LogP contribution in [0.25, 0.3) is 11.0 Å². The maximum absolute atomic E-state index is 12.1. The highest BCUT2D eigenvalue weighted by molar-refractivity contribution is 5.79. The van der Waals surface area contributed by atoms with E-state index in [2.05, 4.69) is 38.6 Å². The van der Waals surface area contributed by atoms with Crippen LogP contribution in [0.15, 0.2) is 29.3 Å². The molecule has 7 heteroatoms. The van der Waals surface area contributed by atoms with Gasteiger partial charge in [0, 0.05) is 45.6 Å². The van der Waals surface area contributed by atoms with E-state index in [1.54, 1.807) is 0 Å². The molecule has 0 unspecified atom stereocenters. The number of likely N-dealkylation sites (tertiary alicyclic amines) is 1. The molecule has 158 valence electrons. The number of aromatic nitrogens is 2. The van der Waals surface area contributed by atoms with Crippen LogP contribution in [-0.2, 0) is 11.2 Å². The van der Waals surface area contributed by atoms with Crippen molar-refractivity contribution in [2.45, 2.75) is 51.9 Å². The molecule has 0 atom stereocenters. The number of carbonyl (C=O) groups is 1. The number of aliphatic imine (C=N–C) groups is 1. The first kappa shape index (κ1) is 21.1. The zero-order chi connectivity index (χ0) is 20.3. The van der Waals surface area contributed by atoms with Crippen LogP contribution in [0, 0.1) is 0 Å². The van der Waals surface area contributed by atoms with Crippen LogP contribution >= 0.6 is 0 Å². The fraction of sp³-hybridized carbons (Fsp3) is 0.591. The van der Waals surface area contributed by atoms with E-state index in [9.17, 15) is 4.79 Å². The average molecular weight is 399 g/mol. The normalized spacial score (nSPS) is 15.6. The molecule has 2 aromatic rings. The first-order chi connectivity index (χ1) is 14.3. The number of aromatic amines is 1. The van der Waals surface area contributed by atoms with Gasteiger partial charge < -0.3 is 20.5 Å². The predicted octanol–water partition coefficient (Wildman–Crippen LogP) is 2.84. The van der Waals surface area contributed by atoms with Gasteiger partial charge in [-0.2, -0.15) is 0 Å². The van der Waals surface area contributed by atoms with Crippen molar-refractivity contribution in [1.29, 1.82) is 0 Å². The van der Waals surface area contributed by atoms with E-state index >= 15 is 0 Å². The molecule has 29 heavy (non-hydrogen) atoms. The Balaban J connectivity index is 1.37. The number of guanidine groups is 1. The minimum Gasteiger partial charge on any atom is -0.357 e. The molecular formula is C22H34N6O. The molecule has 1 aromatic heterocycles. The molecule has 2 heterocycles. The zero-order valence-electron chi connectivity index (χ0n) is 17.5. The van der Waals surface area contributed by atoms with Crippen LogP contribution in [0.5, 0.6) is 0 Å². The van der Waals surface area contributed by atoms with Gasteiger partial charge in [0.15, 0.2) is 5.96 Å². The summed E-state index contributed by atoms with van der Waals surface area (Å²) in [6.07, 6.45) is 6.83. The summed E-state index contributed by atoms with van der Waals surface area (Å²) in [7, 11) is 0. The summed E-state index contributed by atoms with van der Waals surface area (Å²) < 4.78 is 0. The fourth-order valence-corrected chi connectivity index (χ4v) is 3.66. The summed E-state index contributed by atoms with van der Waals surface area (Å²) in [5.74, 6) is 2.18. The summed E-state index contributed by atoms with van der Waals surface area (Å²) >= 11 is 0. The van der Waals surface area contributed by atoms with Gasteiger partial charge in [-0.1, -0.05) is 18.6 Å². The van der Waals surface area contributed by atoms with Gasteiger partial charge in [0.2, 0.25) is 5.91 Å². The third kappa shape index (κ3) is 6.76. The molecule has 1 aromatic carbocycles. The lowest BCUT2D eigenvalue weighted by Gasteiger charge is -2.20. The van der Waals surface area contributed by atoms with E-state index in [0.717, 1.165) is 87.6 Å². The standard InChI is InChI=1S/C22H34N6O/c1-2-23-22(25-15-9-17-28-16-7-3-4-13-21(28)29)24-14-8-12-20-26-18-10-5-6-11-19(18)27-20/h5-6,10-11H,2-4,7-9,12-17H2,1H3,(H,26,27)(H2,23,24,25). The Morgan fingerprint density at radius 1 is 1.21 bits per heavy atom. The predicted molar refractivity (Wildman–Crippen MR) is 118 cm³/mol. The molecule has 1 amide bonds. The number of imidazole rings is 1. The molecule has 0 saturated carbocycles. The van der Waals surface area contributed by atoms with Crippen LogP contribution in [-0.4, -0.2) is 59.5 Å². The number of hydrogen-bond acceptors (Lipinski definition) is 3. The van der Waals surface area contributed by atoms with Gasteiger partial charge in [0.05, 0.1) is 11.0 Å². The first-order valence-corrected chi connectivity index (χ1v) is 11.0. The Morgan fingerprint density at radius 3 is 2.97 bits per heavy atom. The van der Waals surface area contributed by atoms with Gasteiger partial charge in [0.25, 0.3) is 0 Å². The lowest BCUT2D eigenvalue weighted by molar-refractivity contribution is -0.130. The minimum atomic E-state index is 0.307. The minimum absolute atomic E-state index is 0.307. The number of fused-ring (bicyclic) bond motifs is 1. The van der Waals surface area contributed by atoms with Crippen LogP contribution in [0.4, 0.5) is 0 Å². The average Bonchev–Trinajstić information content (AvgIpc) is 3.03. The van der Waals surface area contributed by atoms with E-state index < -0.39 is 0 Å². The smallest absolute Gasteiger partial charge is 0.222 e. The number of rotatable bonds is 9. The van der Waals surface area contributed by atoms with E-state index in [4.69, 9.17) is 0 Å². The molecule has 0 radical (unpaired) electrons. The number of hydrogen-bond donors (Lipinski definition) is 3. The number of nitrogens with zero attached hydrogens (tertiary/aromatic N) is 3. The van der Waals surface area contributed by atoms with Crippen LogP contribution in [0.2, 0.25) is 0 Å². The molecule has 3 rings (SSSR count). The highest BCUT2D eigenvalue weighted by Gasteiger charge is 2.15. The molecular weight excluding hydrogens is 364 g/mol. The van der Waals surface area contributed by atoms with Gasteiger partial charge >= 0.3 is 0 Å². The number of para-hydroxylation sites is 2. The Kier molecular flexibility index (Phi) is 8.34. The molecule has 7 nitrogen and oxygen atoms in total. The molecule has 1 aliphatic rings. The highest BCUT2D eigenvalue weighted by Crippen LogP contribution is 2.12. The Hall–Kier alpha value is -2.57. The van der Waals surface area contributed by atoms with Crippen LogP contribution in [0.1, 0.15) is 51.3 Å². The molecule has 3 N–H and O–H groups in total. The molecule has 0 aliphatic carbocycles. The summed E-state index contributed by atoms with van der Waals surface area (Å²) in [5.41, 5.74) is 2.11. The van der Waals surface area contributed by atoms with Crippen LogP contribution < -0.4 is 10.6 Å². The SMILES string of the molecule is CCNC(=NCCCN1CCCCCC1=O)NCCCc1nc2ccccc2[nH]1. The second-order valence-electron chi connectivity index (χ2n) is 7.54. The number of aryl methyl sites for hydroxylation is 1. The summed E-state index contributed by atoms with van der Waals surface area (Å²) in [6.45, 7) is 6.19. The maximum atomic E-state index is 12.1. The van der Waals surface area contributed by atoms with E-state index in [-0.39, 0.29) is 0 Å². The number of benzene rings is 1. The lowest BCUT2D eigenvalue weighted by Crippen LogP contribution is -2.38.